The Hall–Kier alpha value is -3.67. The molecule has 0 spiro atoms. The first-order valence-corrected chi connectivity index (χ1v) is 12.7. The molecule has 12 heteroatoms. The first kappa shape index (κ1) is 27.9. The van der Waals surface area contributed by atoms with Gasteiger partial charge in [0.1, 0.15) is 17.1 Å². The Morgan fingerprint density at radius 3 is 2.46 bits per heavy atom. The van der Waals surface area contributed by atoms with Crippen LogP contribution in [0.3, 0.4) is 0 Å². The minimum atomic E-state index is -4.39. The Morgan fingerprint density at radius 1 is 1.08 bits per heavy atom. The lowest BCUT2D eigenvalue weighted by atomic mass is 10.1. The molecule has 1 aromatic carbocycles. The minimum Gasteiger partial charge on any atom is -0.493 e. The maximum atomic E-state index is 14.3. The second-order valence-electron chi connectivity index (χ2n) is 8.84. The van der Waals surface area contributed by atoms with Crippen molar-refractivity contribution in [1.29, 1.82) is 0 Å². The van der Waals surface area contributed by atoms with Crippen LogP contribution in [0.5, 0.6) is 11.6 Å². The molecule has 0 radical (unpaired) electrons. The van der Waals surface area contributed by atoms with Crippen molar-refractivity contribution in [3.05, 3.63) is 65.6 Å². The van der Waals surface area contributed by atoms with Gasteiger partial charge in [-0.2, -0.15) is 8.42 Å². The van der Waals surface area contributed by atoms with Gasteiger partial charge in [-0.25, -0.2) is 27.9 Å². The molecule has 3 aromatic rings. The van der Waals surface area contributed by atoms with E-state index in [1.807, 2.05) is 18.6 Å². The number of nitrogens with one attached hydrogen (secondary N) is 1. The molecule has 1 N–H and O–H groups in total. The van der Waals surface area contributed by atoms with Crippen molar-refractivity contribution >= 4 is 15.9 Å². The zero-order valence-electron chi connectivity index (χ0n) is 20.6. The summed E-state index contributed by atoms with van der Waals surface area (Å²) in [5, 5.41) is -0.401. The lowest BCUT2D eigenvalue weighted by Crippen LogP contribution is -2.32. The number of carbonyl (C=O) groups excluding carboxylic acids is 1. The number of aryl methyl sites for hydroxylation is 1. The molecule has 1 amide bonds. The Labute approximate surface area is 212 Å². The Balaban J connectivity index is 1.98. The van der Waals surface area contributed by atoms with E-state index < -0.39 is 50.7 Å². The van der Waals surface area contributed by atoms with Crippen molar-refractivity contribution in [1.82, 2.24) is 14.7 Å². The highest BCUT2D eigenvalue weighted by molar-refractivity contribution is 7.90. The van der Waals surface area contributed by atoms with Crippen LogP contribution in [0.15, 0.2) is 53.6 Å². The van der Waals surface area contributed by atoms with Crippen molar-refractivity contribution in [3.8, 4) is 22.9 Å². The zero-order valence-corrected chi connectivity index (χ0v) is 21.4. The molecular weight excluding hydrogens is 511 g/mol. The van der Waals surface area contributed by atoms with E-state index in [0.717, 1.165) is 12.1 Å². The Bertz CT molecular complexity index is 1390. The van der Waals surface area contributed by atoms with Crippen molar-refractivity contribution in [2.75, 3.05) is 13.2 Å². The van der Waals surface area contributed by atoms with Crippen LogP contribution in [0, 0.1) is 18.7 Å². The van der Waals surface area contributed by atoms with Crippen LogP contribution in [0.1, 0.15) is 36.8 Å². The van der Waals surface area contributed by atoms with E-state index in [9.17, 15) is 26.4 Å². The quantitative estimate of drug-likeness (QED) is 0.397. The summed E-state index contributed by atoms with van der Waals surface area (Å²) in [5.41, 5.74) is 0.303. The van der Waals surface area contributed by atoms with Crippen LogP contribution >= 0.6 is 0 Å². The van der Waals surface area contributed by atoms with Gasteiger partial charge in [0.2, 0.25) is 5.88 Å². The van der Waals surface area contributed by atoms with E-state index in [2.05, 4.69) is 9.97 Å². The second kappa shape index (κ2) is 11.2. The number of aromatic nitrogens is 2. The maximum Gasteiger partial charge on any atom is 0.281 e. The number of alkyl halides is 2. The number of pyridine rings is 2. The minimum absolute atomic E-state index is 0.0862. The van der Waals surface area contributed by atoms with Crippen LogP contribution < -0.4 is 14.2 Å². The van der Waals surface area contributed by atoms with Crippen LogP contribution in [-0.4, -0.2) is 43.4 Å². The van der Waals surface area contributed by atoms with Crippen molar-refractivity contribution in [3.63, 3.8) is 0 Å². The monoisotopic (exact) mass is 537 g/mol. The third-order valence-electron chi connectivity index (χ3n) is 4.68. The zero-order chi connectivity index (χ0) is 27.4. The second-order valence-corrected chi connectivity index (χ2v) is 10.5. The molecular formula is C25H26F3N3O5S. The topological polar surface area (TPSA) is 107 Å². The average molecular weight is 538 g/mol. The summed E-state index contributed by atoms with van der Waals surface area (Å²) in [6.07, 6.45) is 0. The maximum absolute atomic E-state index is 14.3. The van der Waals surface area contributed by atoms with Gasteiger partial charge in [0, 0.05) is 24.2 Å². The molecule has 3 rings (SSSR count). The Morgan fingerprint density at radius 2 is 1.81 bits per heavy atom. The van der Waals surface area contributed by atoms with Crippen molar-refractivity contribution < 1.29 is 35.9 Å². The number of hydrogen-bond acceptors (Lipinski definition) is 7. The van der Waals surface area contributed by atoms with E-state index in [4.69, 9.17) is 9.47 Å². The summed E-state index contributed by atoms with van der Waals surface area (Å²) >= 11 is 0. The number of nitrogens with zero attached hydrogens (tertiary/aromatic N) is 2. The summed E-state index contributed by atoms with van der Waals surface area (Å²) in [6, 6.07) is 10.5. The Kier molecular flexibility index (Phi) is 8.42. The fraction of sp³-hybridized carbons (Fsp3) is 0.320. The first-order chi connectivity index (χ1) is 17.2. The number of ether oxygens (including phenoxy) is 2. The van der Waals surface area contributed by atoms with Gasteiger partial charge in [0.15, 0.2) is 11.6 Å². The number of amides is 1. The number of halogens is 3. The molecule has 0 aliphatic heterocycles. The molecule has 8 nitrogen and oxygen atoms in total. The summed E-state index contributed by atoms with van der Waals surface area (Å²) in [7, 11) is -4.39. The lowest BCUT2D eigenvalue weighted by molar-refractivity contribution is -0.0244. The molecule has 0 saturated carbocycles. The molecule has 198 valence electrons. The molecule has 2 aromatic heterocycles. The molecule has 0 unspecified atom stereocenters. The van der Waals surface area contributed by atoms with Gasteiger partial charge in [-0.15, -0.1) is 0 Å². The van der Waals surface area contributed by atoms with E-state index in [1.54, 1.807) is 13.0 Å². The predicted molar refractivity (Wildman–Crippen MR) is 130 cm³/mol. The molecule has 0 aliphatic rings. The van der Waals surface area contributed by atoms with E-state index >= 15 is 0 Å². The van der Waals surface area contributed by atoms with E-state index in [0.29, 0.717) is 19.2 Å². The smallest absolute Gasteiger partial charge is 0.281 e. The SMILES string of the molecule is Cc1cccc(S(=O)(=O)NC(=O)c2ccc(-c3cc(F)cc(OCC(C)C)c3)nc2OCC(C)(F)F)n1. The average Bonchev–Trinajstić information content (AvgIpc) is 2.80. The van der Waals surface area contributed by atoms with Crippen molar-refractivity contribution in [2.45, 2.75) is 38.6 Å². The van der Waals surface area contributed by atoms with Crippen LogP contribution in [0.25, 0.3) is 11.3 Å². The van der Waals surface area contributed by atoms with Crippen LogP contribution in [0.4, 0.5) is 13.2 Å². The summed E-state index contributed by atoms with van der Waals surface area (Å²) < 4.78 is 79.1. The fourth-order valence-electron chi connectivity index (χ4n) is 3.03. The third kappa shape index (κ3) is 7.91. The number of rotatable bonds is 10. The highest BCUT2D eigenvalue weighted by Gasteiger charge is 2.27. The summed E-state index contributed by atoms with van der Waals surface area (Å²) in [4.78, 5) is 20.9. The molecule has 0 bridgehead atoms. The van der Waals surface area contributed by atoms with Crippen LogP contribution in [-0.2, 0) is 10.0 Å². The van der Waals surface area contributed by atoms with Crippen molar-refractivity contribution in [2.24, 2.45) is 5.92 Å². The van der Waals surface area contributed by atoms with Crippen LogP contribution in [0.2, 0.25) is 0 Å². The highest BCUT2D eigenvalue weighted by Crippen LogP contribution is 2.29. The van der Waals surface area contributed by atoms with Gasteiger partial charge in [0.25, 0.3) is 21.9 Å². The summed E-state index contributed by atoms with van der Waals surface area (Å²) in [6.45, 7) is 5.23. The fourth-order valence-corrected chi connectivity index (χ4v) is 4.01. The standard InChI is InChI=1S/C25H26F3N3O5S/c1-15(2)13-35-19-11-17(10-18(26)12-19)21-9-8-20(24(30-21)36-14-25(4,27)28)23(32)31-37(33,34)22-7-5-6-16(3)29-22/h5-12,15H,13-14H2,1-4H3,(H,31,32). The normalized spacial score (nSPS) is 11.9. The first-order valence-electron chi connectivity index (χ1n) is 11.2. The third-order valence-corrected chi connectivity index (χ3v) is 5.91. The van der Waals surface area contributed by atoms with Gasteiger partial charge in [-0.3, -0.25) is 4.79 Å². The van der Waals surface area contributed by atoms with Gasteiger partial charge in [-0.1, -0.05) is 19.9 Å². The molecule has 37 heavy (non-hydrogen) atoms. The van der Waals surface area contributed by atoms with E-state index in [-0.39, 0.29) is 22.9 Å². The van der Waals surface area contributed by atoms with Gasteiger partial charge < -0.3 is 9.47 Å². The number of benzene rings is 1. The number of carbonyl (C=O) groups is 1. The molecule has 0 fully saturated rings. The molecule has 0 aliphatic carbocycles. The molecule has 0 atom stereocenters. The molecule has 0 saturated heterocycles. The van der Waals surface area contributed by atoms with E-state index in [1.165, 1.54) is 30.3 Å². The number of sulfonamides is 1. The van der Waals surface area contributed by atoms with Gasteiger partial charge >= 0.3 is 0 Å². The van der Waals surface area contributed by atoms with Gasteiger partial charge in [-0.05, 0) is 49.2 Å². The lowest BCUT2D eigenvalue weighted by Gasteiger charge is -2.16. The summed E-state index contributed by atoms with van der Waals surface area (Å²) in [5.74, 6) is -5.22. The van der Waals surface area contributed by atoms with Gasteiger partial charge in [0.05, 0.1) is 12.3 Å². The highest BCUT2D eigenvalue weighted by atomic mass is 32.2. The molecule has 2 heterocycles. The predicted octanol–water partition coefficient (Wildman–Crippen LogP) is 4.78. The largest absolute Gasteiger partial charge is 0.493 e. The number of hydrogen-bond donors (Lipinski definition) is 1.